The molecule has 0 radical (unpaired) electrons. The summed E-state index contributed by atoms with van der Waals surface area (Å²) >= 11 is 0. The molecular weight excluding hydrogens is 232 g/mol. The molecule has 0 bridgehead atoms. The van der Waals surface area contributed by atoms with Crippen molar-refractivity contribution < 1.29 is 14.7 Å². The summed E-state index contributed by atoms with van der Waals surface area (Å²) < 4.78 is 0. The summed E-state index contributed by atoms with van der Waals surface area (Å²) in [6.07, 6.45) is 5.90. The van der Waals surface area contributed by atoms with Crippen LogP contribution in [0.4, 0.5) is 0 Å². The van der Waals surface area contributed by atoms with Crippen molar-refractivity contribution in [1.82, 2.24) is 10.2 Å². The predicted molar refractivity (Wildman–Crippen MR) is 66.8 cm³/mol. The van der Waals surface area contributed by atoms with E-state index in [4.69, 9.17) is 5.11 Å². The standard InChI is InChI=1S/C13H22N2O3/c16-7-6-15(11-4-2-1-3-5-11)13(18)10-8-12(17)14-9-10/h10-11,16H,1-9H2,(H,14,17). The molecule has 1 saturated heterocycles. The molecule has 1 saturated carbocycles. The van der Waals surface area contributed by atoms with Gasteiger partial charge in [0.05, 0.1) is 12.5 Å². The Kier molecular flexibility index (Phi) is 4.58. The Morgan fingerprint density at radius 1 is 1.33 bits per heavy atom. The van der Waals surface area contributed by atoms with Crippen molar-refractivity contribution in [3.8, 4) is 0 Å². The topological polar surface area (TPSA) is 69.6 Å². The first-order valence-corrected chi connectivity index (χ1v) is 6.90. The van der Waals surface area contributed by atoms with E-state index in [0.717, 1.165) is 25.7 Å². The second kappa shape index (κ2) is 6.18. The summed E-state index contributed by atoms with van der Waals surface area (Å²) in [4.78, 5) is 25.4. The molecule has 2 rings (SSSR count). The lowest BCUT2D eigenvalue weighted by molar-refractivity contribution is -0.139. The van der Waals surface area contributed by atoms with Crippen molar-refractivity contribution in [3.05, 3.63) is 0 Å². The fourth-order valence-corrected chi connectivity index (χ4v) is 2.99. The maximum Gasteiger partial charge on any atom is 0.228 e. The van der Waals surface area contributed by atoms with Crippen molar-refractivity contribution in [2.75, 3.05) is 19.7 Å². The number of aliphatic hydroxyl groups is 1. The summed E-state index contributed by atoms with van der Waals surface area (Å²) in [6, 6.07) is 0.258. The average molecular weight is 254 g/mol. The Morgan fingerprint density at radius 3 is 2.61 bits per heavy atom. The molecule has 2 aliphatic rings. The number of rotatable bonds is 4. The molecule has 0 aromatic rings. The molecule has 5 nitrogen and oxygen atoms in total. The van der Waals surface area contributed by atoms with Gasteiger partial charge in [0.2, 0.25) is 11.8 Å². The Labute approximate surface area is 108 Å². The largest absolute Gasteiger partial charge is 0.395 e. The summed E-state index contributed by atoms with van der Waals surface area (Å²) in [5, 5.41) is 11.8. The first-order chi connectivity index (χ1) is 8.72. The Bertz CT molecular complexity index is 313. The van der Waals surface area contributed by atoms with Crippen molar-refractivity contribution in [3.63, 3.8) is 0 Å². The molecule has 2 fully saturated rings. The summed E-state index contributed by atoms with van der Waals surface area (Å²) in [6.45, 7) is 0.844. The number of amides is 2. The van der Waals surface area contributed by atoms with Gasteiger partial charge in [0, 0.05) is 25.6 Å². The molecule has 0 spiro atoms. The third-order valence-electron chi connectivity index (χ3n) is 3.97. The van der Waals surface area contributed by atoms with Crippen LogP contribution in [-0.2, 0) is 9.59 Å². The Hall–Kier alpha value is -1.10. The number of carbonyl (C=O) groups excluding carboxylic acids is 2. The smallest absolute Gasteiger partial charge is 0.228 e. The molecule has 2 amide bonds. The zero-order valence-electron chi connectivity index (χ0n) is 10.7. The monoisotopic (exact) mass is 254 g/mol. The quantitative estimate of drug-likeness (QED) is 0.757. The van der Waals surface area contributed by atoms with E-state index < -0.39 is 0 Å². The molecule has 18 heavy (non-hydrogen) atoms. The van der Waals surface area contributed by atoms with E-state index in [-0.39, 0.29) is 30.4 Å². The summed E-state index contributed by atoms with van der Waals surface area (Å²) in [5.74, 6) is -0.235. The van der Waals surface area contributed by atoms with E-state index in [2.05, 4.69) is 5.32 Å². The minimum absolute atomic E-state index is 0.00364. The molecule has 0 aromatic heterocycles. The van der Waals surface area contributed by atoms with Gasteiger partial charge in [-0.25, -0.2) is 0 Å². The number of nitrogens with zero attached hydrogens (tertiary/aromatic N) is 1. The zero-order valence-corrected chi connectivity index (χ0v) is 10.7. The SMILES string of the molecule is O=C1CC(C(=O)N(CCO)C2CCCCC2)CN1. The number of hydrogen-bond donors (Lipinski definition) is 2. The first-order valence-electron chi connectivity index (χ1n) is 6.90. The second-order valence-electron chi connectivity index (χ2n) is 5.25. The molecular formula is C13H22N2O3. The number of nitrogens with one attached hydrogen (secondary N) is 1. The van der Waals surface area contributed by atoms with Crippen LogP contribution < -0.4 is 5.32 Å². The van der Waals surface area contributed by atoms with Gasteiger partial charge in [-0.3, -0.25) is 9.59 Å². The van der Waals surface area contributed by atoms with Gasteiger partial charge in [0.25, 0.3) is 0 Å². The maximum atomic E-state index is 12.4. The van der Waals surface area contributed by atoms with Gasteiger partial charge in [-0.2, -0.15) is 0 Å². The fraction of sp³-hybridized carbons (Fsp3) is 0.846. The highest BCUT2D eigenvalue weighted by Gasteiger charge is 2.34. The van der Waals surface area contributed by atoms with Crippen LogP contribution in [0.15, 0.2) is 0 Å². The Morgan fingerprint density at radius 2 is 2.06 bits per heavy atom. The van der Waals surface area contributed by atoms with Crippen molar-refractivity contribution in [1.29, 1.82) is 0 Å². The highest BCUT2D eigenvalue weighted by Crippen LogP contribution is 2.25. The summed E-state index contributed by atoms with van der Waals surface area (Å²) in [5.41, 5.74) is 0. The van der Waals surface area contributed by atoms with Gasteiger partial charge >= 0.3 is 0 Å². The molecule has 1 heterocycles. The molecule has 5 heteroatoms. The highest BCUT2D eigenvalue weighted by molar-refractivity contribution is 5.89. The van der Waals surface area contributed by atoms with Gasteiger partial charge in [-0.05, 0) is 12.8 Å². The first kappa shape index (κ1) is 13.3. The lowest BCUT2D eigenvalue weighted by Gasteiger charge is -2.35. The van der Waals surface area contributed by atoms with Crippen LogP contribution in [0.3, 0.4) is 0 Å². The lowest BCUT2D eigenvalue weighted by atomic mass is 9.93. The minimum atomic E-state index is -0.231. The molecule has 102 valence electrons. The van der Waals surface area contributed by atoms with E-state index in [1.54, 1.807) is 0 Å². The van der Waals surface area contributed by atoms with Crippen LogP contribution in [0.5, 0.6) is 0 Å². The van der Waals surface area contributed by atoms with Crippen LogP contribution in [0.2, 0.25) is 0 Å². The van der Waals surface area contributed by atoms with Crippen LogP contribution in [0.1, 0.15) is 38.5 Å². The van der Waals surface area contributed by atoms with Gasteiger partial charge < -0.3 is 15.3 Å². The average Bonchev–Trinajstić information content (AvgIpc) is 2.83. The molecule has 1 aliphatic carbocycles. The van der Waals surface area contributed by atoms with Crippen molar-refractivity contribution >= 4 is 11.8 Å². The van der Waals surface area contributed by atoms with Crippen molar-refractivity contribution in [2.45, 2.75) is 44.6 Å². The normalized spacial score (nSPS) is 24.9. The molecule has 1 aliphatic heterocycles. The molecule has 1 unspecified atom stereocenters. The van der Waals surface area contributed by atoms with E-state index in [1.807, 2.05) is 4.90 Å². The van der Waals surface area contributed by atoms with Crippen molar-refractivity contribution in [2.24, 2.45) is 5.92 Å². The fourth-order valence-electron chi connectivity index (χ4n) is 2.99. The van der Waals surface area contributed by atoms with Crippen LogP contribution in [0, 0.1) is 5.92 Å². The molecule has 0 aromatic carbocycles. The van der Waals surface area contributed by atoms with Gasteiger partial charge in [-0.15, -0.1) is 0 Å². The lowest BCUT2D eigenvalue weighted by Crippen LogP contribution is -2.46. The highest BCUT2D eigenvalue weighted by atomic mass is 16.3. The third kappa shape index (κ3) is 3.02. The van der Waals surface area contributed by atoms with Gasteiger partial charge in [0.1, 0.15) is 0 Å². The predicted octanol–water partition coefficient (Wildman–Crippen LogP) is 0.276. The third-order valence-corrected chi connectivity index (χ3v) is 3.97. The maximum absolute atomic E-state index is 12.4. The minimum Gasteiger partial charge on any atom is -0.395 e. The summed E-state index contributed by atoms with van der Waals surface area (Å²) in [7, 11) is 0. The molecule has 1 atom stereocenters. The van der Waals surface area contributed by atoms with E-state index in [0.29, 0.717) is 19.5 Å². The Balaban J connectivity index is 1.99. The number of carbonyl (C=O) groups is 2. The second-order valence-corrected chi connectivity index (χ2v) is 5.25. The van der Waals surface area contributed by atoms with E-state index in [9.17, 15) is 9.59 Å². The zero-order chi connectivity index (χ0) is 13.0. The van der Waals surface area contributed by atoms with Crippen LogP contribution in [0.25, 0.3) is 0 Å². The number of aliphatic hydroxyl groups excluding tert-OH is 1. The number of hydrogen-bond acceptors (Lipinski definition) is 3. The molecule has 2 N–H and O–H groups in total. The van der Waals surface area contributed by atoms with Crippen LogP contribution >= 0.6 is 0 Å². The van der Waals surface area contributed by atoms with Gasteiger partial charge in [-0.1, -0.05) is 19.3 Å². The van der Waals surface area contributed by atoms with Crippen LogP contribution in [-0.4, -0.2) is 47.6 Å². The van der Waals surface area contributed by atoms with E-state index >= 15 is 0 Å². The van der Waals surface area contributed by atoms with Gasteiger partial charge in [0.15, 0.2) is 0 Å². The van der Waals surface area contributed by atoms with E-state index in [1.165, 1.54) is 6.42 Å².